The number of halogens is 2. The van der Waals surface area contributed by atoms with E-state index in [-0.39, 0.29) is 12.7 Å². The zero-order valence-corrected chi connectivity index (χ0v) is 13.4. The molecule has 2 N–H and O–H groups in total. The molecule has 0 fully saturated rings. The minimum Gasteiger partial charge on any atom is -0.454 e. The molecule has 2 aromatic carbocycles. The molecule has 0 saturated carbocycles. The van der Waals surface area contributed by atoms with Crippen molar-refractivity contribution in [1.29, 1.82) is 0 Å². The first-order chi connectivity index (χ1) is 11.0. The fourth-order valence-corrected chi connectivity index (χ4v) is 2.30. The van der Waals surface area contributed by atoms with Crippen LogP contribution in [0.1, 0.15) is 15.9 Å². The summed E-state index contributed by atoms with van der Waals surface area (Å²) >= 11 is 11.8. The third-order valence-corrected chi connectivity index (χ3v) is 3.97. The zero-order valence-electron chi connectivity index (χ0n) is 11.9. The second-order valence-electron chi connectivity index (χ2n) is 4.75. The predicted octanol–water partition coefficient (Wildman–Crippen LogP) is 3.63. The van der Waals surface area contributed by atoms with E-state index in [1.54, 1.807) is 36.4 Å². The van der Waals surface area contributed by atoms with Gasteiger partial charge in [0, 0.05) is 11.1 Å². The van der Waals surface area contributed by atoms with Crippen LogP contribution in [-0.2, 0) is 0 Å². The number of fused-ring (bicyclic) bond motifs is 1. The van der Waals surface area contributed by atoms with Gasteiger partial charge in [0.15, 0.2) is 11.5 Å². The Bertz CT molecular complexity index is 793. The average Bonchev–Trinajstić information content (AvgIpc) is 3.02. The molecule has 0 aliphatic carbocycles. The van der Waals surface area contributed by atoms with Crippen molar-refractivity contribution in [2.45, 2.75) is 0 Å². The number of carbonyl (C=O) groups excluding carboxylic acids is 1. The van der Waals surface area contributed by atoms with E-state index in [1.165, 1.54) is 0 Å². The second kappa shape index (κ2) is 6.40. The summed E-state index contributed by atoms with van der Waals surface area (Å²) in [6.45, 7) is 4.01. The first-order valence-corrected chi connectivity index (χ1v) is 7.40. The van der Waals surface area contributed by atoms with Crippen LogP contribution in [0.15, 0.2) is 43.0 Å². The van der Waals surface area contributed by atoms with Gasteiger partial charge in [-0.05, 0) is 30.3 Å². The van der Waals surface area contributed by atoms with Crippen molar-refractivity contribution in [3.05, 3.63) is 64.1 Å². The van der Waals surface area contributed by atoms with Gasteiger partial charge in [0.25, 0.3) is 5.91 Å². The summed E-state index contributed by atoms with van der Waals surface area (Å²) in [6, 6.07) is 10.0. The molecule has 5 nitrogen and oxygen atoms in total. The molecular formula is C16H12Cl2N2O3. The van der Waals surface area contributed by atoms with Crippen LogP contribution in [0.4, 0.5) is 0 Å². The lowest BCUT2D eigenvalue weighted by atomic mass is 10.2. The van der Waals surface area contributed by atoms with Crippen LogP contribution >= 0.6 is 23.2 Å². The summed E-state index contributed by atoms with van der Waals surface area (Å²) in [6.07, 6.45) is 0. The van der Waals surface area contributed by atoms with Crippen LogP contribution in [-0.4, -0.2) is 12.7 Å². The number of rotatable bonds is 4. The van der Waals surface area contributed by atoms with Gasteiger partial charge in [-0.3, -0.25) is 15.6 Å². The third kappa shape index (κ3) is 3.36. The zero-order chi connectivity index (χ0) is 16.4. The van der Waals surface area contributed by atoms with E-state index in [9.17, 15) is 4.79 Å². The lowest BCUT2D eigenvalue weighted by Crippen LogP contribution is -2.35. The van der Waals surface area contributed by atoms with Crippen LogP contribution in [0.3, 0.4) is 0 Å². The predicted molar refractivity (Wildman–Crippen MR) is 88.7 cm³/mol. The maximum absolute atomic E-state index is 12.1. The Hall–Kier alpha value is -2.37. The largest absolute Gasteiger partial charge is 0.454 e. The molecule has 0 saturated heterocycles. The molecule has 1 aliphatic rings. The van der Waals surface area contributed by atoms with Crippen molar-refractivity contribution < 1.29 is 14.3 Å². The number of ether oxygens (including phenoxy) is 2. The van der Waals surface area contributed by atoms with Gasteiger partial charge in [-0.15, -0.1) is 0 Å². The van der Waals surface area contributed by atoms with E-state index in [0.29, 0.717) is 38.4 Å². The Morgan fingerprint density at radius 1 is 0.957 bits per heavy atom. The first kappa shape index (κ1) is 15.5. The minimum absolute atomic E-state index is 0.160. The molecule has 0 bridgehead atoms. The fourth-order valence-electron chi connectivity index (χ4n) is 2.00. The highest BCUT2D eigenvalue weighted by atomic mass is 35.5. The summed E-state index contributed by atoms with van der Waals surface area (Å²) < 4.78 is 10.4. The lowest BCUT2D eigenvalue weighted by molar-refractivity contribution is 0.0942. The Labute approximate surface area is 142 Å². The van der Waals surface area contributed by atoms with Gasteiger partial charge in [-0.25, -0.2) is 0 Å². The average molecular weight is 351 g/mol. The number of hydrazine groups is 1. The summed E-state index contributed by atoms with van der Waals surface area (Å²) in [4.78, 5) is 12.1. The SMILES string of the molecule is C=C(NNC(=O)c1ccc2c(c1)OCO2)c1ccc(Cl)c(Cl)c1. The summed E-state index contributed by atoms with van der Waals surface area (Å²) in [5, 5.41) is 0.863. The Balaban J connectivity index is 1.64. The number of hydrogen-bond acceptors (Lipinski definition) is 4. The third-order valence-electron chi connectivity index (χ3n) is 3.23. The standard InChI is InChI=1S/C16H12Cl2N2O3/c1-9(10-2-4-12(17)13(18)6-10)19-20-16(21)11-3-5-14-15(7-11)23-8-22-14/h2-7,19H,1,8H2,(H,20,21). The Kier molecular flexibility index (Phi) is 4.32. The van der Waals surface area contributed by atoms with Crippen LogP contribution in [0, 0.1) is 0 Å². The van der Waals surface area contributed by atoms with Gasteiger partial charge >= 0.3 is 0 Å². The molecule has 0 aromatic heterocycles. The summed E-state index contributed by atoms with van der Waals surface area (Å²) in [7, 11) is 0. The quantitative estimate of drug-likeness (QED) is 0.826. The molecule has 0 unspecified atom stereocenters. The highest BCUT2D eigenvalue weighted by Gasteiger charge is 2.16. The molecule has 0 atom stereocenters. The molecule has 23 heavy (non-hydrogen) atoms. The molecule has 1 heterocycles. The molecule has 7 heteroatoms. The molecule has 0 spiro atoms. The smallest absolute Gasteiger partial charge is 0.269 e. The minimum atomic E-state index is -0.329. The normalized spacial score (nSPS) is 11.9. The fraction of sp³-hybridized carbons (Fsp3) is 0.0625. The van der Waals surface area contributed by atoms with Crippen molar-refractivity contribution in [2.75, 3.05) is 6.79 Å². The number of carbonyl (C=O) groups is 1. The summed E-state index contributed by atoms with van der Waals surface area (Å²) in [5.41, 5.74) is 6.94. The molecule has 118 valence electrons. The topological polar surface area (TPSA) is 59.6 Å². The summed E-state index contributed by atoms with van der Waals surface area (Å²) in [5.74, 6) is 0.834. The second-order valence-corrected chi connectivity index (χ2v) is 5.57. The van der Waals surface area contributed by atoms with Crippen molar-refractivity contribution in [3.8, 4) is 11.5 Å². The van der Waals surface area contributed by atoms with Crippen LogP contribution < -0.4 is 20.3 Å². The maximum Gasteiger partial charge on any atom is 0.269 e. The monoisotopic (exact) mass is 350 g/mol. The van der Waals surface area contributed by atoms with Gasteiger partial charge in [0.05, 0.1) is 15.7 Å². The van der Waals surface area contributed by atoms with Crippen LogP contribution in [0.2, 0.25) is 10.0 Å². The first-order valence-electron chi connectivity index (χ1n) is 6.65. The molecular weight excluding hydrogens is 339 g/mol. The van der Waals surface area contributed by atoms with Crippen molar-refractivity contribution in [2.24, 2.45) is 0 Å². The maximum atomic E-state index is 12.1. The lowest BCUT2D eigenvalue weighted by Gasteiger charge is -2.12. The molecule has 1 amide bonds. The molecule has 3 rings (SSSR count). The van der Waals surface area contributed by atoms with Gasteiger partial charge < -0.3 is 9.47 Å². The number of nitrogens with one attached hydrogen (secondary N) is 2. The van der Waals surface area contributed by atoms with Gasteiger partial charge in [-0.1, -0.05) is 35.8 Å². The van der Waals surface area contributed by atoms with Gasteiger partial charge in [-0.2, -0.15) is 0 Å². The Morgan fingerprint density at radius 2 is 1.70 bits per heavy atom. The number of benzene rings is 2. The van der Waals surface area contributed by atoms with Crippen molar-refractivity contribution >= 4 is 34.8 Å². The van der Waals surface area contributed by atoms with E-state index in [2.05, 4.69) is 17.4 Å². The highest BCUT2D eigenvalue weighted by molar-refractivity contribution is 6.42. The van der Waals surface area contributed by atoms with E-state index < -0.39 is 0 Å². The number of amides is 1. The van der Waals surface area contributed by atoms with E-state index >= 15 is 0 Å². The number of hydrogen-bond donors (Lipinski definition) is 2. The van der Waals surface area contributed by atoms with E-state index in [0.717, 1.165) is 0 Å². The van der Waals surface area contributed by atoms with E-state index in [4.69, 9.17) is 32.7 Å². The Morgan fingerprint density at radius 3 is 2.48 bits per heavy atom. The van der Waals surface area contributed by atoms with Crippen molar-refractivity contribution in [3.63, 3.8) is 0 Å². The van der Waals surface area contributed by atoms with E-state index in [1.807, 2.05) is 0 Å². The van der Waals surface area contributed by atoms with Crippen LogP contribution in [0.25, 0.3) is 5.70 Å². The van der Waals surface area contributed by atoms with Gasteiger partial charge in [0.2, 0.25) is 6.79 Å². The van der Waals surface area contributed by atoms with Gasteiger partial charge in [0.1, 0.15) is 0 Å². The molecule has 2 aromatic rings. The molecule has 0 radical (unpaired) electrons. The van der Waals surface area contributed by atoms with Crippen LogP contribution in [0.5, 0.6) is 11.5 Å². The van der Waals surface area contributed by atoms with Crippen molar-refractivity contribution in [1.82, 2.24) is 10.9 Å². The molecule has 1 aliphatic heterocycles. The highest BCUT2D eigenvalue weighted by Crippen LogP contribution is 2.32.